The standard InChI is InChI=1S/C17H27N3.C8H15NO2/c1-13-7-8-15-14(11-13)18-16(12-17(2,3)4)20(15)10-9-19(5)6;1-3-8(10)11-7-4-5-9(2)6-7/h7-8,11H,9-10,12H2,1-6H3;7H,3-6H2,1-2H3. The number of likely N-dealkylation sites (N-methyl/N-ethyl adjacent to an activating group) is 2. The highest BCUT2D eigenvalue weighted by atomic mass is 16.5. The monoisotopic (exact) mass is 430 g/mol. The van der Waals surface area contributed by atoms with Crippen LogP contribution in [0.3, 0.4) is 0 Å². The zero-order chi connectivity index (χ0) is 23.2. The molecule has 1 saturated heterocycles. The highest BCUT2D eigenvalue weighted by molar-refractivity contribution is 5.77. The van der Waals surface area contributed by atoms with Gasteiger partial charge in [0.25, 0.3) is 0 Å². The molecule has 1 aromatic carbocycles. The Morgan fingerprint density at radius 1 is 1.29 bits per heavy atom. The van der Waals surface area contributed by atoms with Crippen molar-refractivity contribution in [2.75, 3.05) is 40.8 Å². The van der Waals surface area contributed by atoms with Crippen molar-refractivity contribution in [2.24, 2.45) is 5.41 Å². The van der Waals surface area contributed by atoms with E-state index in [4.69, 9.17) is 9.72 Å². The number of hydrogen-bond donors (Lipinski definition) is 0. The van der Waals surface area contributed by atoms with Crippen LogP contribution in [0.25, 0.3) is 11.0 Å². The number of benzene rings is 1. The third kappa shape index (κ3) is 8.26. The summed E-state index contributed by atoms with van der Waals surface area (Å²) in [6.07, 6.45) is 2.63. The van der Waals surface area contributed by atoms with Crippen LogP contribution in [0, 0.1) is 12.3 Å². The topological polar surface area (TPSA) is 50.6 Å². The molecule has 1 aromatic heterocycles. The summed E-state index contributed by atoms with van der Waals surface area (Å²) in [5.74, 6) is 1.13. The number of fused-ring (bicyclic) bond motifs is 1. The Bertz CT molecular complexity index is 851. The maximum absolute atomic E-state index is 10.8. The maximum atomic E-state index is 10.8. The summed E-state index contributed by atoms with van der Waals surface area (Å²) in [6.45, 7) is 14.7. The zero-order valence-electron chi connectivity index (χ0n) is 20.9. The molecular formula is C25H42N4O2. The Labute approximate surface area is 188 Å². The van der Waals surface area contributed by atoms with Crippen molar-refractivity contribution in [2.45, 2.75) is 66.5 Å². The lowest BCUT2D eigenvalue weighted by Crippen LogP contribution is -2.21. The fourth-order valence-electron chi connectivity index (χ4n) is 3.71. The van der Waals surface area contributed by atoms with E-state index in [0.717, 1.165) is 44.5 Å². The van der Waals surface area contributed by atoms with E-state index in [1.54, 1.807) is 0 Å². The van der Waals surface area contributed by atoms with Crippen molar-refractivity contribution in [1.82, 2.24) is 19.4 Å². The number of hydrogen-bond acceptors (Lipinski definition) is 5. The first kappa shape index (κ1) is 25.3. The van der Waals surface area contributed by atoms with Crippen LogP contribution in [0.2, 0.25) is 0 Å². The predicted molar refractivity (Wildman–Crippen MR) is 128 cm³/mol. The summed E-state index contributed by atoms with van der Waals surface area (Å²) < 4.78 is 7.54. The minimum absolute atomic E-state index is 0.0784. The van der Waals surface area contributed by atoms with Crippen LogP contribution in [-0.4, -0.2) is 72.2 Å². The highest BCUT2D eigenvalue weighted by Gasteiger charge is 2.22. The SMILES string of the molecule is CCC(=O)OC1CCN(C)C1.Cc1ccc2c(c1)nc(CC(C)(C)C)n2CCN(C)C. The van der Waals surface area contributed by atoms with E-state index in [-0.39, 0.29) is 17.5 Å². The van der Waals surface area contributed by atoms with Crippen LogP contribution in [0.5, 0.6) is 0 Å². The fourth-order valence-corrected chi connectivity index (χ4v) is 3.71. The van der Waals surface area contributed by atoms with Crippen LogP contribution in [0.1, 0.15) is 51.9 Å². The Hall–Kier alpha value is -1.92. The molecular weight excluding hydrogens is 388 g/mol. The second kappa shape index (κ2) is 11.1. The maximum Gasteiger partial charge on any atom is 0.305 e. The van der Waals surface area contributed by atoms with Gasteiger partial charge in [-0.2, -0.15) is 0 Å². The summed E-state index contributed by atoms with van der Waals surface area (Å²) in [5, 5.41) is 0. The van der Waals surface area contributed by atoms with Gasteiger partial charge in [0.15, 0.2) is 0 Å². The van der Waals surface area contributed by atoms with Crippen LogP contribution >= 0.6 is 0 Å². The van der Waals surface area contributed by atoms with Gasteiger partial charge in [-0.05, 0) is 57.6 Å². The first-order chi connectivity index (χ1) is 14.5. The second-order valence-electron chi connectivity index (χ2n) is 10.2. The summed E-state index contributed by atoms with van der Waals surface area (Å²) in [6, 6.07) is 6.57. The normalized spacial score (nSPS) is 17.1. The van der Waals surface area contributed by atoms with E-state index >= 15 is 0 Å². The molecule has 0 bridgehead atoms. The molecule has 0 radical (unpaired) electrons. The number of nitrogens with zero attached hydrogens (tertiary/aromatic N) is 4. The van der Waals surface area contributed by atoms with Gasteiger partial charge in [0, 0.05) is 39.0 Å². The lowest BCUT2D eigenvalue weighted by molar-refractivity contribution is -0.147. The first-order valence-corrected chi connectivity index (χ1v) is 11.5. The largest absolute Gasteiger partial charge is 0.461 e. The predicted octanol–water partition coefficient (Wildman–Crippen LogP) is 4.14. The Morgan fingerprint density at radius 2 is 2.00 bits per heavy atom. The van der Waals surface area contributed by atoms with Gasteiger partial charge in [-0.1, -0.05) is 33.8 Å². The average Bonchev–Trinajstić information content (AvgIpc) is 3.21. The van der Waals surface area contributed by atoms with Crippen LogP contribution in [0.4, 0.5) is 0 Å². The van der Waals surface area contributed by atoms with Crippen molar-refractivity contribution in [3.63, 3.8) is 0 Å². The molecule has 3 rings (SSSR count). The number of rotatable bonds is 6. The quantitative estimate of drug-likeness (QED) is 0.645. The summed E-state index contributed by atoms with van der Waals surface area (Å²) >= 11 is 0. The van der Waals surface area contributed by atoms with E-state index in [2.05, 4.69) is 74.4 Å². The number of aromatic nitrogens is 2. The molecule has 0 saturated carbocycles. The van der Waals surface area contributed by atoms with E-state index in [1.807, 2.05) is 14.0 Å². The zero-order valence-corrected chi connectivity index (χ0v) is 20.9. The van der Waals surface area contributed by atoms with Crippen molar-refractivity contribution in [3.05, 3.63) is 29.6 Å². The van der Waals surface area contributed by atoms with E-state index < -0.39 is 0 Å². The summed E-state index contributed by atoms with van der Waals surface area (Å²) in [4.78, 5) is 20.1. The van der Waals surface area contributed by atoms with E-state index in [9.17, 15) is 4.79 Å². The van der Waals surface area contributed by atoms with Gasteiger partial charge < -0.3 is 19.1 Å². The minimum Gasteiger partial charge on any atom is -0.461 e. The molecule has 2 aromatic rings. The molecule has 1 fully saturated rings. The number of ether oxygens (including phenoxy) is 1. The van der Waals surface area contributed by atoms with Gasteiger partial charge >= 0.3 is 5.97 Å². The third-order valence-corrected chi connectivity index (χ3v) is 5.38. The van der Waals surface area contributed by atoms with Crippen LogP contribution in [0.15, 0.2) is 18.2 Å². The number of aryl methyl sites for hydroxylation is 1. The molecule has 1 unspecified atom stereocenters. The Kier molecular flexibility index (Phi) is 9.07. The number of likely N-dealkylation sites (tertiary alicyclic amines) is 1. The molecule has 6 heteroatoms. The fraction of sp³-hybridized carbons (Fsp3) is 0.680. The molecule has 1 aliphatic rings. The molecule has 1 atom stereocenters. The first-order valence-electron chi connectivity index (χ1n) is 11.5. The van der Waals surface area contributed by atoms with Crippen molar-refractivity contribution in [1.29, 1.82) is 0 Å². The van der Waals surface area contributed by atoms with Gasteiger partial charge in [0.2, 0.25) is 0 Å². The summed E-state index contributed by atoms with van der Waals surface area (Å²) in [7, 11) is 6.28. The summed E-state index contributed by atoms with van der Waals surface area (Å²) in [5.41, 5.74) is 3.92. The van der Waals surface area contributed by atoms with Crippen LogP contribution in [-0.2, 0) is 22.5 Å². The van der Waals surface area contributed by atoms with Crippen LogP contribution < -0.4 is 0 Å². The lowest BCUT2D eigenvalue weighted by atomic mass is 9.92. The van der Waals surface area contributed by atoms with Gasteiger partial charge in [-0.25, -0.2) is 4.98 Å². The van der Waals surface area contributed by atoms with Crippen molar-refractivity contribution >= 4 is 17.0 Å². The molecule has 31 heavy (non-hydrogen) atoms. The number of imidazole rings is 1. The highest BCUT2D eigenvalue weighted by Crippen LogP contribution is 2.24. The third-order valence-electron chi connectivity index (χ3n) is 5.38. The van der Waals surface area contributed by atoms with E-state index in [0.29, 0.717) is 6.42 Å². The Morgan fingerprint density at radius 3 is 2.55 bits per heavy atom. The average molecular weight is 431 g/mol. The van der Waals surface area contributed by atoms with Crippen molar-refractivity contribution in [3.8, 4) is 0 Å². The minimum atomic E-state index is -0.0784. The molecule has 0 amide bonds. The molecule has 174 valence electrons. The van der Waals surface area contributed by atoms with Gasteiger partial charge in [-0.15, -0.1) is 0 Å². The molecule has 0 N–H and O–H groups in total. The molecule has 1 aliphatic heterocycles. The number of carbonyl (C=O) groups excluding carboxylic acids is 1. The molecule has 0 aliphatic carbocycles. The second-order valence-corrected chi connectivity index (χ2v) is 10.2. The lowest BCUT2D eigenvalue weighted by Gasteiger charge is -2.19. The van der Waals surface area contributed by atoms with Gasteiger partial charge in [0.05, 0.1) is 11.0 Å². The van der Waals surface area contributed by atoms with Gasteiger partial charge in [-0.3, -0.25) is 4.79 Å². The number of esters is 1. The Balaban J connectivity index is 0.000000262. The van der Waals surface area contributed by atoms with E-state index in [1.165, 1.54) is 16.9 Å². The van der Waals surface area contributed by atoms with Crippen molar-refractivity contribution < 1.29 is 9.53 Å². The van der Waals surface area contributed by atoms with Gasteiger partial charge in [0.1, 0.15) is 11.9 Å². The number of carbonyl (C=O) groups is 1. The molecule has 6 nitrogen and oxygen atoms in total. The smallest absolute Gasteiger partial charge is 0.305 e. The molecule has 0 spiro atoms. The molecule has 2 heterocycles.